The monoisotopic (exact) mass is 421 g/mol. The van der Waals surface area contributed by atoms with E-state index in [1.54, 1.807) is 44.8 Å². The van der Waals surface area contributed by atoms with Gasteiger partial charge in [-0.3, -0.25) is 9.67 Å². The molecule has 0 aliphatic rings. The quantitative estimate of drug-likeness (QED) is 0.495. The first-order valence-electron chi connectivity index (χ1n) is 9.63. The van der Waals surface area contributed by atoms with Gasteiger partial charge in [-0.25, -0.2) is 9.97 Å². The molecule has 1 unspecified atom stereocenters. The molecule has 3 heterocycles. The third-order valence-electron chi connectivity index (χ3n) is 4.98. The number of rotatable bonds is 5. The van der Waals surface area contributed by atoms with Gasteiger partial charge in [0, 0.05) is 42.2 Å². The molecule has 1 atom stereocenters. The molecule has 0 amide bonds. The van der Waals surface area contributed by atoms with Crippen LogP contribution < -0.4 is 0 Å². The van der Waals surface area contributed by atoms with E-state index >= 15 is 0 Å². The number of benzene rings is 1. The van der Waals surface area contributed by atoms with Crippen LogP contribution in [0.5, 0.6) is 0 Å². The van der Waals surface area contributed by atoms with Crippen LogP contribution in [-0.4, -0.2) is 40.6 Å². The van der Waals surface area contributed by atoms with Crippen molar-refractivity contribution in [2.75, 3.05) is 6.26 Å². The molecule has 0 spiro atoms. The second kappa shape index (κ2) is 7.79. The summed E-state index contributed by atoms with van der Waals surface area (Å²) in [5, 5.41) is 15.8. The Morgan fingerprint density at radius 1 is 1.10 bits per heavy atom. The number of hydrogen-bond donors (Lipinski definition) is 1. The Balaban J connectivity index is 1.76. The first-order chi connectivity index (χ1) is 14.3. The van der Waals surface area contributed by atoms with Gasteiger partial charge >= 0.3 is 0 Å². The van der Waals surface area contributed by atoms with Crippen LogP contribution in [0, 0.1) is 0 Å². The molecule has 3 aromatic heterocycles. The van der Waals surface area contributed by atoms with E-state index in [0.717, 1.165) is 26.9 Å². The zero-order chi connectivity index (χ0) is 21.5. The van der Waals surface area contributed by atoms with Gasteiger partial charge in [0.2, 0.25) is 0 Å². The highest BCUT2D eigenvalue weighted by Crippen LogP contribution is 2.29. The van der Waals surface area contributed by atoms with Crippen molar-refractivity contribution in [1.29, 1.82) is 0 Å². The van der Waals surface area contributed by atoms with E-state index in [0.29, 0.717) is 23.8 Å². The van der Waals surface area contributed by atoms with Crippen molar-refractivity contribution in [3.05, 3.63) is 54.5 Å². The highest BCUT2D eigenvalue weighted by atomic mass is 32.2. The summed E-state index contributed by atoms with van der Waals surface area (Å²) in [6.45, 7) is 6.20. The van der Waals surface area contributed by atoms with Gasteiger partial charge < -0.3 is 9.66 Å². The summed E-state index contributed by atoms with van der Waals surface area (Å²) in [5.74, 6) is 0.494. The molecular weight excluding hydrogens is 398 g/mol. The molecular formula is C22H23N5O2S. The van der Waals surface area contributed by atoms with Crippen molar-refractivity contribution in [2.45, 2.75) is 37.8 Å². The summed E-state index contributed by atoms with van der Waals surface area (Å²) in [5.41, 5.74) is 2.86. The molecule has 7 nitrogen and oxygen atoms in total. The molecule has 0 radical (unpaired) electrons. The first kappa shape index (κ1) is 20.5. The van der Waals surface area contributed by atoms with E-state index < -0.39 is 16.8 Å². The van der Waals surface area contributed by atoms with Crippen LogP contribution in [0.4, 0.5) is 0 Å². The third kappa shape index (κ3) is 3.81. The molecule has 0 fully saturated rings. The lowest BCUT2D eigenvalue weighted by molar-refractivity contribution is 0.0785. The van der Waals surface area contributed by atoms with Crippen LogP contribution in [0.2, 0.25) is 0 Å². The summed E-state index contributed by atoms with van der Waals surface area (Å²) >= 11 is -1.09. The van der Waals surface area contributed by atoms with Crippen LogP contribution in [0.1, 0.15) is 26.3 Å². The van der Waals surface area contributed by atoms with Crippen LogP contribution in [-0.2, 0) is 23.3 Å². The van der Waals surface area contributed by atoms with Crippen molar-refractivity contribution in [2.24, 2.45) is 0 Å². The van der Waals surface area contributed by atoms with Gasteiger partial charge in [-0.1, -0.05) is 0 Å². The molecule has 0 saturated carbocycles. The highest BCUT2D eigenvalue weighted by molar-refractivity contribution is 7.90. The average Bonchev–Trinajstić information content (AvgIpc) is 3.11. The normalized spacial score (nSPS) is 13.0. The van der Waals surface area contributed by atoms with E-state index in [2.05, 4.69) is 20.1 Å². The van der Waals surface area contributed by atoms with E-state index in [9.17, 15) is 9.66 Å². The Labute approximate surface area is 178 Å². The zero-order valence-corrected chi connectivity index (χ0v) is 18.1. The molecule has 0 aliphatic heterocycles. The fourth-order valence-corrected chi connectivity index (χ4v) is 3.84. The summed E-state index contributed by atoms with van der Waals surface area (Å²) < 4.78 is 13.8. The third-order valence-corrected chi connectivity index (χ3v) is 5.90. The summed E-state index contributed by atoms with van der Waals surface area (Å²) in [7, 11) is 0. The van der Waals surface area contributed by atoms with Gasteiger partial charge in [0.05, 0.1) is 16.8 Å². The number of aryl methyl sites for hydroxylation is 1. The molecule has 0 bridgehead atoms. The smallest absolute Gasteiger partial charge is 0.180 e. The Morgan fingerprint density at radius 3 is 2.47 bits per heavy atom. The van der Waals surface area contributed by atoms with Crippen molar-refractivity contribution in [1.82, 2.24) is 24.7 Å². The Hall–Kier alpha value is -2.81. The topological polar surface area (TPSA) is 99.8 Å². The molecule has 4 rings (SSSR count). The van der Waals surface area contributed by atoms with Crippen molar-refractivity contribution < 1.29 is 9.66 Å². The molecule has 1 aromatic carbocycles. The van der Waals surface area contributed by atoms with Gasteiger partial charge in [0.1, 0.15) is 11.9 Å². The SMILES string of the molecule is CCn1nc(-c2ncc(-c3cc(C(C)(C)O)ccn3)cn2)c2cc([S+](C)[O-])ccc21. The van der Waals surface area contributed by atoms with E-state index in [1.165, 1.54) is 0 Å². The van der Waals surface area contributed by atoms with Crippen LogP contribution in [0.3, 0.4) is 0 Å². The van der Waals surface area contributed by atoms with Crippen LogP contribution in [0.25, 0.3) is 33.7 Å². The lowest BCUT2D eigenvalue weighted by Crippen LogP contribution is -2.15. The molecule has 0 saturated heterocycles. The zero-order valence-electron chi connectivity index (χ0n) is 17.3. The van der Waals surface area contributed by atoms with Gasteiger partial charge in [-0.2, -0.15) is 5.10 Å². The Kier molecular flexibility index (Phi) is 5.31. The second-order valence-corrected chi connectivity index (χ2v) is 8.96. The fourth-order valence-electron chi connectivity index (χ4n) is 3.29. The van der Waals surface area contributed by atoms with E-state index in [1.807, 2.05) is 35.9 Å². The number of fused-ring (bicyclic) bond motifs is 1. The summed E-state index contributed by atoms with van der Waals surface area (Å²) in [6, 6.07) is 9.32. The van der Waals surface area contributed by atoms with Crippen LogP contribution in [0.15, 0.2) is 53.8 Å². The molecule has 8 heteroatoms. The molecule has 30 heavy (non-hydrogen) atoms. The van der Waals surface area contributed by atoms with E-state index in [-0.39, 0.29) is 0 Å². The fraction of sp³-hybridized carbons (Fsp3) is 0.273. The van der Waals surface area contributed by atoms with Crippen molar-refractivity contribution in [3.63, 3.8) is 0 Å². The highest BCUT2D eigenvalue weighted by Gasteiger charge is 2.19. The van der Waals surface area contributed by atoms with E-state index in [4.69, 9.17) is 0 Å². The summed E-state index contributed by atoms with van der Waals surface area (Å²) in [4.78, 5) is 14.2. The maximum absolute atomic E-state index is 11.9. The number of aromatic nitrogens is 5. The predicted octanol–water partition coefficient (Wildman–Crippen LogP) is 3.54. The predicted molar refractivity (Wildman–Crippen MR) is 117 cm³/mol. The lowest BCUT2D eigenvalue weighted by Gasteiger charge is -2.18. The molecule has 154 valence electrons. The average molecular weight is 422 g/mol. The molecule has 4 aromatic rings. The van der Waals surface area contributed by atoms with Gasteiger partial charge in [0.15, 0.2) is 10.7 Å². The standard InChI is InChI=1S/C22H23N5O2S/c1-5-27-19-7-6-16(30(4)29)11-17(19)20(26-27)21-24-12-14(13-25-21)18-10-15(8-9-23-18)22(2,3)28/h6-13,28H,5H2,1-4H3. The minimum Gasteiger partial charge on any atom is -0.612 e. The van der Waals surface area contributed by atoms with Crippen LogP contribution >= 0.6 is 0 Å². The van der Waals surface area contributed by atoms with Crippen molar-refractivity contribution >= 4 is 22.1 Å². The largest absolute Gasteiger partial charge is 0.612 e. The maximum Gasteiger partial charge on any atom is 0.180 e. The number of hydrogen-bond acceptors (Lipinski definition) is 6. The lowest BCUT2D eigenvalue weighted by atomic mass is 9.98. The second-order valence-electron chi connectivity index (χ2n) is 7.58. The minimum atomic E-state index is -1.09. The number of nitrogens with zero attached hydrogens (tertiary/aromatic N) is 5. The first-order valence-corrected chi connectivity index (χ1v) is 11.2. The Morgan fingerprint density at radius 2 is 1.83 bits per heavy atom. The van der Waals surface area contributed by atoms with Gasteiger partial charge in [-0.15, -0.1) is 0 Å². The maximum atomic E-state index is 11.9. The number of pyridine rings is 1. The minimum absolute atomic E-state index is 0.494. The van der Waals surface area contributed by atoms with Crippen molar-refractivity contribution in [3.8, 4) is 22.8 Å². The van der Waals surface area contributed by atoms with Gasteiger partial charge in [-0.05, 0) is 61.8 Å². The number of aliphatic hydroxyl groups is 1. The summed E-state index contributed by atoms with van der Waals surface area (Å²) in [6.07, 6.45) is 6.74. The van der Waals surface area contributed by atoms with Gasteiger partial charge in [0.25, 0.3) is 0 Å². The Bertz CT molecular complexity index is 1200. The molecule has 0 aliphatic carbocycles. The molecule has 1 N–H and O–H groups in total.